The van der Waals surface area contributed by atoms with Gasteiger partial charge in [-0.05, 0) is 5.92 Å². The maximum absolute atomic E-state index is 11.7. The van der Waals surface area contributed by atoms with Crippen molar-refractivity contribution >= 4 is 35.5 Å². The Balaban J connectivity index is 2.23. The summed E-state index contributed by atoms with van der Waals surface area (Å²) in [5.41, 5.74) is 0. The van der Waals surface area contributed by atoms with Gasteiger partial charge in [-0.1, -0.05) is 6.92 Å². The minimum Gasteiger partial charge on any atom is -0.481 e. The minimum atomic E-state index is -0.971. The highest BCUT2D eigenvalue weighted by molar-refractivity contribution is 8.00. The van der Waals surface area contributed by atoms with Crippen molar-refractivity contribution in [3.8, 4) is 0 Å². The third-order valence-corrected chi connectivity index (χ3v) is 3.68. The number of hydrogen-bond acceptors (Lipinski definition) is 5. The first-order chi connectivity index (χ1) is 9.40. The van der Waals surface area contributed by atoms with Gasteiger partial charge in [0, 0.05) is 25.9 Å². The van der Waals surface area contributed by atoms with Crippen molar-refractivity contribution in [2.24, 2.45) is 5.92 Å². The summed E-state index contributed by atoms with van der Waals surface area (Å²) in [7, 11) is 0. The van der Waals surface area contributed by atoms with Gasteiger partial charge in [0.1, 0.15) is 0 Å². The molecule has 112 valence electrons. The molecule has 2 N–H and O–H groups in total. The number of amides is 3. The number of carboxylic acid groups (broad SMARTS) is 1. The van der Waals surface area contributed by atoms with Crippen LogP contribution >= 0.6 is 11.8 Å². The van der Waals surface area contributed by atoms with Crippen LogP contribution in [0.2, 0.25) is 0 Å². The second-order valence-electron chi connectivity index (χ2n) is 4.69. The number of likely N-dealkylation sites (tertiary alicyclic amines) is 1. The zero-order valence-corrected chi connectivity index (χ0v) is 12.1. The molecule has 0 unspecified atom stereocenters. The molecule has 1 fully saturated rings. The number of nitrogens with zero attached hydrogens (tertiary/aromatic N) is 1. The van der Waals surface area contributed by atoms with Crippen LogP contribution in [-0.2, 0) is 19.2 Å². The summed E-state index contributed by atoms with van der Waals surface area (Å²) < 4.78 is 0. The van der Waals surface area contributed by atoms with Crippen molar-refractivity contribution in [3.05, 3.63) is 0 Å². The first kappa shape index (κ1) is 16.5. The predicted molar refractivity (Wildman–Crippen MR) is 73.1 cm³/mol. The minimum absolute atomic E-state index is 0.0469. The van der Waals surface area contributed by atoms with Crippen LogP contribution in [0.5, 0.6) is 0 Å². The lowest BCUT2D eigenvalue weighted by Gasteiger charge is -2.28. The molecular weight excluding hydrogens is 284 g/mol. The van der Waals surface area contributed by atoms with Crippen LogP contribution in [-0.4, -0.2) is 58.3 Å². The van der Waals surface area contributed by atoms with Crippen LogP contribution in [0.25, 0.3) is 0 Å². The summed E-state index contributed by atoms with van der Waals surface area (Å²) in [5, 5.41) is 11.0. The van der Waals surface area contributed by atoms with E-state index in [2.05, 4.69) is 5.32 Å². The second-order valence-corrected chi connectivity index (χ2v) is 5.67. The number of thioether (sulfide) groups is 1. The number of carbonyl (C=O) groups excluding carboxylic acids is 3. The van der Waals surface area contributed by atoms with E-state index >= 15 is 0 Å². The Hall–Kier alpha value is -1.57. The zero-order valence-electron chi connectivity index (χ0n) is 11.3. The molecule has 1 aliphatic heterocycles. The number of aliphatic carboxylic acids is 1. The lowest BCUT2D eigenvalue weighted by atomic mass is 9.98. The predicted octanol–water partition coefficient (Wildman–Crippen LogP) is -0.294. The highest BCUT2D eigenvalue weighted by Gasteiger charge is 2.29. The maximum atomic E-state index is 11.7. The van der Waals surface area contributed by atoms with E-state index < -0.39 is 5.97 Å². The van der Waals surface area contributed by atoms with Gasteiger partial charge in [0.25, 0.3) is 0 Å². The van der Waals surface area contributed by atoms with Crippen molar-refractivity contribution in [1.29, 1.82) is 0 Å². The van der Waals surface area contributed by atoms with Crippen LogP contribution in [0.3, 0.4) is 0 Å². The van der Waals surface area contributed by atoms with E-state index in [0.717, 1.165) is 11.8 Å². The Bertz CT molecular complexity index is 395. The second kappa shape index (κ2) is 7.88. The first-order valence-corrected chi connectivity index (χ1v) is 7.45. The maximum Gasteiger partial charge on any atom is 0.313 e. The number of imide groups is 1. The van der Waals surface area contributed by atoms with Crippen LogP contribution in [0, 0.1) is 5.92 Å². The van der Waals surface area contributed by atoms with Gasteiger partial charge in [-0.25, -0.2) is 0 Å². The molecule has 0 aliphatic carbocycles. The van der Waals surface area contributed by atoms with Gasteiger partial charge in [-0.2, -0.15) is 0 Å². The largest absolute Gasteiger partial charge is 0.481 e. The van der Waals surface area contributed by atoms with Gasteiger partial charge in [0.2, 0.25) is 17.7 Å². The standard InChI is InChI=1S/C12H18N2O5S/c1-8-4-10(16)14(11(17)5-8)3-2-13-9(15)6-20-7-12(18)19/h8H,2-7H2,1H3,(H,13,15)(H,18,19). The molecular formula is C12H18N2O5S. The fourth-order valence-corrected chi connectivity index (χ4v) is 2.43. The van der Waals surface area contributed by atoms with Gasteiger partial charge in [-0.15, -0.1) is 11.8 Å². The number of piperidine rings is 1. The number of hydrogen-bond donors (Lipinski definition) is 2. The van der Waals surface area contributed by atoms with Crippen LogP contribution in [0.4, 0.5) is 0 Å². The molecule has 3 amide bonds. The zero-order chi connectivity index (χ0) is 15.1. The smallest absolute Gasteiger partial charge is 0.313 e. The molecule has 0 saturated carbocycles. The van der Waals surface area contributed by atoms with E-state index in [1.54, 1.807) is 0 Å². The van der Waals surface area contributed by atoms with Crippen LogP contribution in [0.15, 0.2) is 0 Å². The monoisotopic (exact) mass is 302 g/mol. The number of rotatable bonds is 7. The Labute approximate surface area is 121 Å². The normalized spacial score (nSPS) is 16.4. The van der Waals surface area contributed by atoms with Gasteiger partial charge in [-0.3, -0.25) is 24.1 Å². The third-order valence-electron chi connectivity index (χ3n) is 2.76. The summed E-state index contributed by atoms with van der Waals surface area (Å²) in [4.78, 5) is 46.1. The van der Waals surface area contributed by atoms with Crippen molar-refractivity contribution in [2.75, 3.05) is 24.6 Å². The number of carbonyl (C=O) groups is 4. The molecule has 0 bridgehead atoms. The van der Waals surface area contributed by atoms with Crippen LogP contribution in [0.1, 0.15) is 19.8 Å². The topological polar surface area (TPSA) is 104 Å². The molecule has 0 radical (unpaired) electrons. The summed E-state index contributed by atoms with van der Waals surface area (Å²) >= 11 is 0.998. The van der Waals surface area contributed by atoms with Crippen LogP contribution < -0.4 is 5.32 Å². The van der Waals surface area contributed by atoms with Gasteiger partial charge in [0.05, 0.1) is 11.5 Å². The molecule has 1 aliphatic rings. The summed E-state index contributed by atoms with van der Waals surface area (Å²) in [6, 6.07) is 0. The molecule has 20 heavy (non-hydrogen) atoms. The molecule has 7 nitrogen and oxygen atoms in total. The highest BCUT2D eigenvalue weighted by atomic mass is 32.2. The van der Waals surface area contributed by atoms with Crippen molar-refractivity contribution in [2.45, 2.75) is 19.8 Å². The molecule has 1 saturated heterocycles. The molecule has 8 heteroatoms. The van der Waals surface area contributed by atoms with E-state index in [-0.39, 0.29) is 48.2 Å². The Morgan fingerprint density at radius 3 is 2.45 bits per heavy atom. The molecule has 0 atom stereocenters. The quantitative estimate of drug-likeness (QED) is 0.626. The van der Waals surface area contributed by atoms with E-state index in [1.165, 1.54) is 4.90 Å². The van der Waals surface area contributed by atoms with Gasteiger partial charge in [0.15, 0.2) is 0 Å². The van der Waals surface area contributed by atoms with Crippen molar-refractivity contribution in [1.82, 2.24) is 10.2 Å². The summed E-state index contributed by atoms with van der Waals surface area (Å²) in [6.07, 6.45) is 0.711. The third kappa shape index (κ3) is 5.60. The van der Waals surface area contributed by atoms with E-state index in [4.69, 9.17) is 5.11 Å². The highest BCUT2D eigenvalue weighted by Crippen LogP contribution is 2.18. The number of nitrogens with one attached hydrogen (secondary N) is 1. The Kier molecular flexibility index (Phi) is 6.50. The first-order valence-electron chi connectivity index (χ1n) is 6.29. The average molecular weight is 302 g/mol. The van der Waals surface area contributed by atoms with Gasteiger partial charge < -0.3 is 10.4 Å². The Morgan fingerprint density at radius 2 is 1.90 bits per heavy atom. The van der Waals surface area contributed by atoms with E-state index in [0.29, 0.717) is 12.8 Å². The van der Waals surface area contributed by atoms with E-state index in [1.807, 2.05) is 6.92 Å². The molecule has 1 heterocycles. The molecule has 0 aromatic carbocycles. The summed E-state index contributed by atoms with van der Waals surface area (Å²) in [6.45, 7) is 2.21. The fourth-order valence-electron chi connectivity index (χ4n) is 1.87. The summed E-state index contributed by atoms with van der Waals surface area (Å²) in [5.74, 6) is -1.69. The van der Waals surface area contributed by atoms with Crippen molar-refractivity contribution < 1.29 is 24.3 Å². The SMILES string of the molecule is CC1CC(=O)N(CCNC(=O)CSCC(=O)O)C(=O)C1. The van der Waals surface area contributed by atoms with Crippen molar-refractivity contribution in [3.63, 3.8) is 0 Å². The number of carboxylic acids is 1. The molecule has 0 aromatic heterocycles. The van der Waals surface area contributed by atoms with E-state index in [9.17, 15) is 19.2 Å². The lowest BCUT2D eigenvalue weighted by Crippen LogP contribution is -2.46. The molecule has 0 aromatic rings. The Morgan fingerprint density at radius 1 is 1.30 bits per heavy atom. The lowest BCUT2D eigenvalue weighted by molar-refractivity contribution is -0.150. The van der Waals surface area contributed by atoms with Gasteiger partial charge >= 0.3 is 5.97 Å². The molecule has 0 spiro atoms. The molecule has 1 rings (SSSR count). The fraction of sp³-hybridized carbons (Fsp3) is 0.667. The average Bonchev–Trinajstić information content (AvgIpc) is 2.32.